The summed E-state index contributed by atoms with van der Waals surface area (Å²) in [5, 5.41) is 14.9. The van der Waals surface area contributed by atoms with E-state index in [1.807, 2.05) is 30.3 Å². The van der Waals surface area contributed by atoms with Gasteiger partial charge in [0, 0.05) is 6.07 Å². The Balaban J connectivity index is 1.64. The number of nitrogens with one attached hydrogen (secondary N) is 2. The monoisotopic (exact) mass is 484 g/mol. The fourth-order valence-electron chi connectivity index (χ4n) is 4.27. The summed E-state index contributed by atoms with van der Waals surface area (Å²) in [7, 11) is 3.11. The van der Waals surface area contributed by atoms with Gasteiger partial charge >= 0.3 is 0 Å². The summed E-state index contributed by atoms with van der Waals surface area (Å²) in [6.45, 7) is 0. The van der Waals surface area contributed by atoms with Crippen molar-refractivity contribution < 1.29 is 18.3 Å². The quantitative estimate of drug-likeness (QED) is 0.368. The lowest BCUT2D eigenvalue weighted by Crippen LogP contribution is -2.31. The highest BCUT2D eigenvalue weighted by Crippen LogP contribution is 2.42. The summed E-state index contributed by atoms with van der Waals surface area (Å²) in [5.74, 6) is 2.00. The second-order valence-electron chi connectivity index (χ2n) is 7.82. The lowest BCUT2D eigenvalue weighted by atomic mass is 9.97. The van der Waals surface area contributed by atoms with Gasteiger partial charge in [-0.2, -0.15) is 10.2 Å². The van der Waals surface area contributed by atoms with E-state index in [9.17, 15) is 8.78 Å². The number of ether oxygens (including phenoxy) is 2. The van der Waals surface area contributed by atoms with Crippen LogP contribution in [0.15, 0.2) is 54.7 Å². The van der Waals surface area contributed by atoms with Crippen molar-refractivity contribution in [3.05, 3.63) is 65.1 Å². The minimum absolute atomic E-state index is 0.203. The van der Waals surface area contributed by atoms with E-state index in [1.165, 1.54) is 10.9 Å². The van der Waals surface area contributed by atoms with Crippen LogP contribution in [-0.4, -0.2) is 45.2 Å². The molecular formula is C23H22F2N6O2S. The molecular weight excluding hydrogens is 462 g/mol. The van der Waals surface area contributed by atoms with Gasteiger partial charge < -0.3 is 14.8 Å². The first-order valence-corrected chi connectivity index (χ1v) is 11.0. The minimum atomic E-state index is -2.58. The molecule has 1 aliphatic heterocycles. The molecule has 176 valence electrons. The number of benzene rings is 2. The number of rotatable bonds is 6. The number of anilines is 1. The van der Waals surface area contributed by atoms with Crippen LogP contribution in [0.2, 0.25) is 0 Å². The molecule has 0 radical (unpaired) electrons. The standard InChI is InChI=1S/C23H22F2N6O2S/c1-32-14-8-9-17(19(10-14)33-2)30-22(28-29-23(30)34)15-12-26-31-18(20(24)25)11-16(27-21(15)31)13-6-4-3-5-7-13/h3-10,12,16,18,20,27H,11H2,1-2H3,(H,29,34)/t16-,18-/m0/s1. The van der Waals surface area contributed by atoms with E-state index in [0.717, 1.165) is 5.56 Å². The van der Waals surface area contributed by atoms with E-state index in [0.29, 0.717) is 39.2 Å². The van der Waals surface area contributed by atoms with E-state index in [4.69, 9.17) is 21.7 Å². The summed E-state index contributed by atoms with van der Waals surface area (Å²) in [6.07, 6.45) is -0.848. The summed E-state index contributed by atoms with van der Waals surface area (Å²) < 4.78 is 42.3. The molecule has 1 aliphatic rings. The lowest BCUT2D eigenvalue weighted by molar-refractivity contribution is 0.0659. The van der Waals surface area contributed by atoms with Gasteiger partial charge in [-0.15, -0.1) is 0 Å². The first-order valence-electron chi connectivity index (χ1n) is 10.6. The van der Waals surface area contributed by atoms with E-state index in [1.54, 1.807) is 37.0 Å². The molecule has 2 N–H and O–H groups in total. The molecule has 0 unspecified atom stereocenters. The second-order valence-corrected chi connectivity index (χ2v) is 8.21. The van der Waals surface area contributed by atoms with Crippen molar-refractivity contribution in [2.75, 3.05) is 19.5 Å². The average molecular weight is 485 g/mol. The molecule has 0 saturated heterocycles. The molecule has 4 aromatic rings. The number of hydrogen-bond acceptors (Lipinski definition) is 6. The predicted molar refractivity (Wildman–Crippen MR) is 126 cm³/mol. The van der Waals surface area contributed by atoms with Crippen LogP contribution in [0.5, 0.6) is 11.5 Å². The molecule has 3 heterocycles. The van der Waals surface area contributed by atoms with Crippen molar-refractivity contribution in [2.24, 2.45) is 0 Å². The number of aromatic nitrogens is 5. The maximum Gasteiger partial charge on any atom is 0.260 e. The molecule has 8 nitrogen and oxygen atoms in total. The van der Waals surface area contributed by atoms with Crippen molar-refractivity contribution in [1.82, 2.24) is 24.5 Å². The zero-order chi connectivity index (χ0) is 23.8. The molecule has 0 saturated carbocycles. The molecule has 0 spiro atoms. The van der Waals surface area contributed by atoms with Crippen LogP contribution < -0.4 is 14.8 Å². The molecule has 34 heavy (non-hydrogen) atoms. The first-order chi connectivity index (χ1) is 16.5. The molecule has 0 fully saturated rings. The van der Waals surface area contributed by atoms with E-state index in [-0.39, 0.29) is 12.5 Å². The normalized spacial score (nSPS) is 17.3. The van der Waals surface area contributed by atoms with Crippen LogP contribution in [0.4, 0.5) is 14.6 Å². The van der Waals surface area contributed by atoms with Crippen LogP contribution in [0.3, 0.4) is 0 Å². The molecule has 0 bridgehead atoms. The summed E-state index contributed by atoms with van der Waals surface area (Å²) in [6, 6.07) is 13.4. The number of fused-ring (bicyclic) bond motifs is 1. The molecule has 2 aromatic carbocycles. The van der Waals surface area contributed by atoms with Gasteiger partial charge in [0.2, 0.25) is 0 Å². The maximum absolute atomic E-state index is 14.1. The van der Waals surface area contributed by atoms with Crippen LogP contribution >= 0.6 is 12.2 Å². The Kier molecular flexibility index (Phi) is 5.78. The van der Waals surface area contributed by atoms with E-state index in [2.05, 4.69) is 20.6 Å². The number of hydrogen-bond donors (Lipinski definition) is 2. The fourth-order valence-corrected chi connectivity index (χ4v) is 4.50. The molecule has 0 aliphatic carbocycles. The average Bonchev–Trinajstić information content (AvgIpc) is 3.46. The summed E-state index contributed by atoms with van der Waals surface area (Å²) in [5.41, 5.74) is 2.08. The zero-order valence-corrected chi connectivity index (χ0v) is 19.2. The Bertz CT molecular complexity index is 1370. The lowest BCUT2D eigenvalue weighted by Gasteiger charge is -2.32. The largest absolute Gasteiger partial charge is 0.497 e. The van der Waals surface area contributed by atoms with Gasteiger partial charge in [-0.1, -0.05) is 30.3 Å². The number of aromatic amines is 1. The van der Waals surface area contributed by atoms with Crippen molar-refractivity contribution >= 4 is 18.0 Å². The van der Waals surface area contributed by atoms with Gasteiger partial charge in [0.15, 0.2) is 10.6 Å². The minimum Gasteiger partial charge on any atom is -0.497 e. The fraction of sp³-hybridized carbons (Fsp3) is 0.261. The van der Waals surface area contributed by atoms with Gasteiger partial charge in [-0.3, -0.25) is 9.67 Å². The number of H-pyrrole nitrogens is 1. The number of nitrogens with zero attached hydrogens (tertiary/aromatic N) is 4. The molecule has 5 rings (SSSR count). The highest BCUT2D eigenvalue weighted by molar-refractivity contribution is 7.71. The summed E-state index contributed by atoms with van der Waals surface area (Å²) in [4.78, 5) is 0. The van der Waals surface area contributed by atoms with Crippen molar-refractivity contribution in [3.8, 4) is 28.6 Å². The predicted octanol–water partition coefficient (Wildman–Crippen LogP) is 5.17. The third-order valence-electron chi connectivity index (χ3n) is 5.93. The van der Waals surface area contributed by atoms with Gasteiger partial charge in [0.05, 0.1) is 37.7 Å². The number of halogens is 2. The molecule has 0 amide bonds. The Morgan fingerprint density at radius 1 is 1.12 bits per heavy atom. The van der Waals surface area contributed by atoms with Gasteiger partial charge in [-0.25, -0.2) is 13.5 Å². The zero-order valence-electron chi connectivity index (χ0n) is 18.4. The summed E-state index contributed by atoms with van der Waals surface area (Å²) >= 11 is 5.51. The Labute approximate surface area is 199 Å². The second kappa shape index (κ2) is 8.90. The number of alkyl halides is 2. The van der Waals surface area contributed by atoms with Gasteiger partial charge in [0.25, 0.3) is 6.43 Å². The van der Waals surface area contributed by atoms with Crippen LogP contribution in [0, 0.1) is 4.77 Å². The molecule has 2 aromatic heterocycles. The highest BCUT2D eigenvalue weighted by atomic mass is 32.1. The highest BCUT2D eigenvalue weighted by Gasteiger charge is 2.36. The molecule has 2 atom stereocenters. The van der Waals surface area contributed by atoms with Crippen LogP contribution in [0.25, 0.3) is 17.1 Å². The number of methoxy groups -OCH3 is 2. The van der Waals surface area contributed by atoms with Crippen LogP contribution in [-0.2, 0) is 0 Å². The Morgan fingerprint density at radius 3 is 2.62 bits per heavy atom. The SMILES string of the molecule is COc1ccc(-n2c(-c3cnn4c3N[C@H](c3ccccc3)C[C@H]4C(F)F)n[nH]c2=S)c(OC)c1. The van der Waals surface area contributed by atoms with Crippen molar-refractivity contribution in [2.45, 2.75) is 24.9 Å². The van der Waals surface area contributed by atoms with Crippen LogP contribution in [0.1, 0.15) is 24.1 Å². The third kappa shape index (κ3) is 3.71. The Hall–Kier alpha value is -3.73. The third-order valence-corrected chi connectivity index (χ3v) is 6.21. The topological polar surface area (TPSA) is 81.9 Å². The van der Waals surface area contributed by atoms with Crippen molar-refractivity contribution in [3.63, 3.8) is 0 Å². The smallest absolute Gasteiger partial charge is 0.260 e. The van der Waals surface area contributed by atoms with Gasteiger partial charge in [0.1, 0.15) is 23.4 Å². The van der Waals surface area contributed by atoms with Crippen molar-refractivity contribution in [1.29, 1.82) is 0 Å². The maximum atomic E-state index is 14.1. The molecule has 11 heteroatoms. The van der Waals surface area contributed by atoms with E-state index >= 15 is 0 Å². The first kappa shape index (κ1) is 22.1. The van der Waals surface area contributed by atoms with Gasteiger partial charge in [-0.05, 0) is 36.3 Å². The Morgan fingerprint density at radius 2 is 1.91 bits per heavy atom. The van der Waals surface area contributed by atoms with E-state index < -0.39 is 12.5 Å².